The normalized spacial score (nSPS) is 11.2. The molecule has 24 heavy (non-hydrogen) atoms. The highest BCUT2D eigenvalue weighted by atomic mass is 32.2. The number of aryl methyl sites for hydroxylation is 1. The van der Waals surface area contributed by atoms with Crippen LogP contribution in [-0.4, -0.2) is 30.6 Å². The van der Waals surface area contributed by atoms with E-state index in [2.05, 4.69) is 21.3 Å². The van der Waals surface area contributed by atoms with Gasteiger partial charge in [-0.15, -0.1) is 11.8 Å². The van der Waals surface area contributed by atoms with Crippen molar-refractivity contribution in [2.75, 3.05) is 6.26 Å². The van der Waals surface area contributed by atoms with E-state index in [9.17, 15) is 10.1 Å². The third-order valence-corrected chi connectivity index (χ3v) is 4.53. The Kier molecular flexibility index (Phi) is 3.18. The first kappa shape index (κ1) is 14.5. The number of para-hydroxylation sites is 1. The molecule has 3 aromatic heterocycles. The van der Waals surface area contributed by atoms with E-state index in [1.807, 2.05) is 43.5 Å². The first-order valence-corrected chi connectivity index (χ1v) is 8.41. The van der Waals surface area contributed by atoms with Crippen molar-refractivity contribution in [3.05, 3.63) is 51.9 Å². The Balaban J connectivity index is 2.18. The van der Waals surface area contributed by atoms with Gasteiger partial charge in [-0.3, -0.25) is 9.89 Å². The van der Waals surface area contributed by atoms with Crippen molar-refractivity contribution in [2.45, 2.75) is 11.9 Å². The summed E-state index contributed by atoms with van der Waals surface area (Å²) >= 11 is 1.32. The maximum absolute atomic E-state index is 12.9. The van der Waals surface area contributed by atoms with Crippen LogP contribution in [0.3, 0.4) is 0 Å². The molecule has 0 spiro atoms. The summed E-state index contributed by atoms with van der Waals surface area (Å²) in [5.74, 6) is 0. The second-order valence-electron chi connectivity index (χ2n) is 5.25. The van der Waals surface area contributed by atoms with Crippen LogP contribution in [0, 0.1) is 18.3 Å². The van der Waals surface area contributed by atoms with Gasteiger partial charge in [-0.25, -0.2) is 9.67 Å². The lowest BCUT2D eigenvalue weighted by Gasteiger charge is -2.03. The third kappa shape index (κ3) is 1.88. The summed E-state index contributed by atoms with van der Waals surface area (Å²) in [6.07, 6.45) is 1.82. The maximum Gasteiger partial charge on any atom is 0.285 e. The molecule has 1 aromatic carbocycles. The summed E-state index contributed by atoms with van der Waals surface area (Å²) in [4.78, 5) is 17.4. The Labute approximate surface area is 140 Å². The summed E-state index contributed by atoms with van der Waals surface area (Å²) < 4.78 is 2.96. The minimum Gasteiger partial charge on any atom is -0.296 e. The topological polar surface area (TPSA) is 91.8 Å². The lowest BCUT2D eigenvalue weighted by Crippen LogP contribution is -2.16. The summed E-state index contributed by atoms with van der Waals surface area (Å²) in [6, 6.07) is 11.7. The van der Waals surface area contributed by atoms with Gasteiger partial charge >= 0.3 is 0 Å². The average Bonchev–Trinajstić information content (AvgIpc) is 3.14. The molecule has 0 saturated heterocycles. The van der Waals surface area contributed by atoms with Crippen molar-refractivity contribution in [1.82, 2.24) is 24.4 Å². The van der Waals surface area contributed by atoms with Crippen molar-refractivity contribution in [3.8, 4) is 11.8 Å². The molecule has 4 rings (SSSR count). The number of nitriles is 1. The number of nitrogens with one attached hydrogen (secondary N) is 1. The molecule has 7 nitrogen and oxygen atoms in total. The van der Waals surface area contributed by atoms with Crippen LogP contribution in [0.25, 0.3) is 22.4 Å². The number of hydrogen-bond acceptors (Lipinski definition) is 5. The fourth-order valence-corrected chi connectivity index (χ4v) is 3.27. The molecule has 0 aliphatic rings. The highest BCUT2D eigenvalue weighted by Crippen LogP contribution is 2.23. The van der Waals surface area contributed by atoms with E-state index in [1.54, 1.807) is 4.68 Å². The Morgan fingerprint density at radius 2 is 2.00 bits per heavy atom. The standard InChI is InChI=1S/C16H12N6OS/c1-9-12-14(21(19-9)10-6-4-3-5-7-10)18-13-11(8-17)15(24-2)20-22(13)16(12)23/h3-7,19H,1-2H3. The predicted molar refractivity (Wildman–Crippen MR) is 91.7 cm³/mol. The van der Waals surface area contributed by atoms with Gasteiger partial charge in [-0.05, 0) is 25.3 Å². The van der Waals surface area contributed by atoms with Crippen molar-refractivity contribution in [2.24, 2.45) is 0 Å². The van der Waals surface area contributed by atoms with E-state index >= 15 is 0 Å². The van der Waals surface area contributed by atoms with Crippen molar-refractivity contribution < 1.29 is 0 Å². The second kappa shape index (κ2) is 5.25. The number of H-pyrrole nitrogens is 1. The molecule has 8 heteroatoms. The Bertz CT molecular complexity index is 1180. The van der Waals surface area contributed by atoms with Crippen LogP contribution in [0.4, 0.5) is 0 Å². The quantitative estimate of drug-likeness (QED) is 0.567. The van der Waals surface area contributed by atoms with Crippen molar-refractivity contribution in [3.63, 3.8) is 0 Å². The van der Waals surface area contributed by atoms with Crippen LogP contribution in [0.15, 0.2) is 40.2 Å². The van der Waals surface area contributed by atoms with Gasteiger partial charge < -0.3 is 0 Å². The molecule has 0 saturated carbocycles. The molecule has 0 bridgehead atoms. The van der Waals surface area contributed by atoms with Crippen LogP contribution < -0.4 is 5.56 Å². The highest BCUT2D eigenvalue weighted by molar-refractivity contribution is 7.98. The van der Waals surface area contributed by atoms with Crippen LogP contribution in [0.2, 0.25) is 0 Å². The zero-order valence-electron chi connectivity index (χ0n) is 12.9. The average molecular weight is 336 g/mol. The number of nitrogens with zero attached hydrogens (tertiary/aromatic N) is 5. The zero-order valence-corrected chi connectivity index (χ0v) is 13.8. The van der Waals surface area contributed by atoms with Gasteiger partial charge in [0.1, 0.15) is 22.0 Å². The van der Waals surface area contributed by atoms with Crippen LogP contribution in [-0.2, 0) is 0 Å². The smallest absolute Gasteiger partial charge is 0.285 e. The molecule has 1 N–H and O–H groups in total. The number of fused-ring (bicyclic) bond motifs is 2. The molecule has 4 aromatic rings. The van der Waals surface area contributed by atoms with Gasteiger partial charge in [0, 0.05) is 5.69 Å². The van der Waals surface area contributed by atoms with Gasteiger partial charge in [-0.2, -0.15) is 14.9 Å². The second-order valence-corrected chi connectivity index (χ2v) is 6.05. The maximum atomic E-state index is 12.9. The molecule has 0 fully saturated rings. The van der Waals surface area contributed by atoms with E-state index in [0.717, 1.165) is 5.69 Å². The van der Waals surface area contributed by atoms with Crippen LogP contribution in [0.5, 0.6) is 0 Å². The molecular weight excluding hydrogens is 324 g/mol. The van der Waals surface area contributed by atoms with Crippen molar-refractivity contribution in [1.29, 1.82) is 5.26 Å². The van der Waals surface area contributed by atoms with E-state index in [0.29, 0.717) is 27.3 Å². The van der Waals surface area contributed by atoms with E-state index < -0.39 is 0 Å². The number of thioether (sulfide) groups is 1. The fraction of sp³-hybridized carbons (Fsp3) is 0.125. The molecule has 0 amide bonds. The number of hydrogen-bond donors (Lipinski definition) is 1. The fourth-order valence-electron chi connectivity index (χ4n) is 2.76. The van der Waals surface area contributed by atoms with Crippen molar-refractivity contribution >= 4 is 28.4 Å². The Morgan fingerprint density at radius 3 is 2.67 bits per heavy atom. The summed E-state index contributed by atoms with van der Waals surface area (Å²) in [5.41, 5.74) is 2.36. The lowest BCUT2D eigenvalue weighted by molar-refractivity contribution is 0.859. The molecular formula is C16H12N6OS. The lowest BCUT2D eigenvalue weighted by atomic mass is 10.3. The number of benzene rings is 1. The SMILES string of the molecule is CSc1nn2c(=O)c3c(C)[nH]n(-c4ccccc4)c3nc2c1C#N. The Morgan fingerprint density at radius 1 is 1.25 bits per heavy atom. The number of aromatic nitrogens is 5. The molecule has 0 unspecified atom stereocenters. The van der Waals surface area contributed by atoms with E-state index in [-0.39, 0.29) is 11.2 Å². The van der Waals surface area contributed by atoms with E-state index in [1.165, 1.54) is 16.3 Å². The molecule has 3 heterocycles. The van der Waals surface area contributed by atoms with Gasteiger partial charge in [0.2, 0.25) is 0 Å². The van der Waals surface area contributed by atoms with E-state index in [4.69, 9.17) is 0 Å². The van der Waals surface area contributed by atoms with Gasteiger partial charge in [0.25, 0.3) is 5.56 Å². The molecule has 118 valence electrons. The monoisotopic (exact) mass is 336 g/mol. The largest absolute Gasteiger partial charge is 0.296 e. The van der Waals surface area contributed by atoms with Crippen LogP contribution in [0.1, 0.15) is 11.3 Å². The summed E-state index contributed by atoms with van der Waals surface area (Å²) in [6.45, 7) is 1.82. The van der Waals surface area contributed by atoms with Gasteiger partial charge in [0.15, 0.2) is 11.3 Å². The summed E-state index contributed by atoms with van der Waals surface area (Å²) in [7, 11) is 0. The summed E-state index contributed by atoms with van der Waals surface area (Å²) in [5, 5.41) is 17.8. The number of rotatable bonds is 2. The third-order valence-electron chi connectivity index (χ3n) is 3.86. The predicted octanol–water partition coefficient (Wildman–Crippen LogP) is 2.26. The van der Waals surface area contributed by atoms with Gasteiger partial charge in [0.05, 0.1) is 5.69 Å². The minimum atomic E-state index is -0.282. The minimum absolute atomic E-state index is 0.281. The zero-order chi connectivity index (χ0) is 16.8. The highest BCUT2D eigenvalue weighted by Gasteiger charge is 2.21. The molecule has 0 radical (unpaired) electrons. The molecule has 0 aliphatic carbocycles. The molecule has 0 atom stereocenters. The first-order valence-electron chi connectivity index (χ1n) is 7.19. The molecule has 0 aliphatic heterocycles. The Hall–Kier alpha value is -3.05. The van der Waals surface area contributed by atoms with Crippen LogP contribution >= 0.6 is 11.8 Å². The number of aromatic amines is 1. The first-order chi connectivity index (χ1) is 11.7. The van der Waals surface area contributed by atoms with Gasteiger partial charge in [-0.1, -0.05) is 18.2 Å².